The quantitative estimate of drug-likeness (QED) is 0.228. The molecule has 0 bridgehead atoms. The minimum Gasteiger partial charge on any atom is -0.358 e. The summed E-state index contributed by atoms with van der Waals surface area (Å²) in [6.07, 6.45) is 3.64. The smallest absolute Gasteiger partial charge is 0.270 e. The molecule has 3 aliphatic rings. The maximum Gasteiger partial charge on any atom is 0.270 e. The van der Waals surface area contributed by atoms with E-state index in [1.54, 1.807) is 17.2 Å². The molecule has 0 N–H and O–H groups in total. The van der Waals surface area contributed by atoms with Crippen LogP contribution in [0.25, 0.3) is 6.08 Å². The van der Waals surface area contributed by atoms with E-state index in [4.69, 9.17) is 0 Å². The number of Topliss-reactive ketones (excluding diaryl/α,β-unsaturated/α-hetero) is 1. The average Bonchev–Trinajstić information content (AvgIpc) is 3.36. The lowest BCUT2D eigenvalue weighted by Crippen LogP contribution is -2.44. The Balaban J connectivity index is 1.50. The first-order chi connectivity index (χ1) is 17.8. The van der Waals surface area contributed by atoms with Crippen LogP contribution in [-0.2, 0) is 9.59 Å². The van der Waals surface area contributed by atoms with E-state index < -0.39 is 40.5 Å². The summed E-state index contributed by atoms with van der Waals surface area (Å²) in [4.78, 5) is 55.8. The predicted octanol–water partition coefficient (Wildman–Crippen LogP) is 4.61. The molecule has 2 amide bonds. The third kappa shape index (κ3) is 3.32. The van der Waals surface area contributed by atoms with Gasteiger partial charge in [0.2, 0.25) is 11.8 Å². The Hall–Kier alpha value is -4.59. The van der Waals surface area contributed by atoms with E-state index in [9.17, 15) is 24.5 Å². The molecule has 184 valence electrons. The molecular formula is C29H23N3O5. The lowest BCUT2D eigenvalue weighted by molar-refractivity contribution is -0.384. The van der Waals surface area contributed by atoms with Crippen molar-refractivity contribution in [2.75, 3.05) is 4.90 Å². The zero-order valence-electron chi connectivity index (χ0n) is 20.2. The van der Waals surface area contributed by atoms with Gasteiger partial charge < -0.3 is 4.90 Å². The Morgan fingerprint density at radius 2 is 1.68 bits per heavy atom. The van der Waals surface area contributed by atoms with Crippen molar-refractivity contribution in [2.45, 2.75) is 25.9 Å². The Morgan fingerprint density at radius 3 is 2.43 bits per heavy atom. The Kier molecular flexibility index (Phi) is 5.08. The number of amides is 2. The highest BCUT2D eigenvalue weighted by atomic mass is 16.6. The number of ketones is 1. The summed E-state index contributed by atoms with van der Waals surface area (Å²) in [7, 11) is 0. The fraction of sp³-hybridized carbons (Fsp3) is 0.207. The van der Waals surface area contributed by atoms with E-state index >= 15 is 0 Å². The number of fused-ring (bicyclic) bond motifs is 5. The number of carbonyl (C=O) groups excluding carboxylic acids is 3. The molecule has 8 heteroatoms. The standard InChI is InChI=1S/C29H23N3O5/c1-16-10-11-22(17(2)14-16)31-28(34)23-24(29(31)35)26(27(33)19-7-5-8-20(15-19)32(36)37)30-13-12-18-6-3-4-9-21(18)25(23)30/h3-15,23-26H,1-2H3/t23-,24+,25+,26+/m0/s1. The van der Waals surface area contributed by atoms with Gasteiger partial charge in [0.05, 0.1) is 28.5 Å². The van der Waals surface area contributed by atoms with Gasteiger partial charge in [-0.15, -0.1) is 0 Å². The summed E-state index contributed by atoms with van der Waals surface area (Å²) in [5.74, 6) is -2.89. The molecule has 3 aliphatic heterocycles. The molecule has 0 spiro atoms. The highest BCUT2D eigenvalue weighted by Crippen LogP contribution is 2.54. The van der Waals surface area contributed by atoms with E-state index in [-0.39, 0.29) is 17.2 Å². The van der Waals surface area contributed by atoms with Crippen molar-refractivity contribution in [3.8, 4) is 0 Å². The van der Waals surface area contributed by atoms with Gasteiger partial charge in [0.1, 0.15) is 6.04 Å². The van der Waals surface area contributed by atoms with Crippen LogP contribution in [0.15, 0.2) is 72.9 Å². The number of imide groups is 1. The van der Waals surface area contributed by atoms with Gasteiger partial charge in [-0.2, -0.15) is 0 Å². The highest BCUT2D eigenvalue weighted by Gasteiger charge is 2.64. The van der Waals surface area contributed by atoms with Gasteiger partial charge in [-0.05, 0) is 42.7 Å². The van der Waals surface area contributed by atoms with Crippen LogP contribution >= 0.6 is 0 Å². The average molecular weight is 494 g/mol. The summed E-state index contributed by atoms with van der Waals surface area (Å²) in [6, 6.07) is 17.2. The van der Waals surface area contributed by atoms with Gasteiger partial charge in [0.15, 0.2) is 5.78 Å². The molecule has 0 aromatic heterocycles. The molecular weight excluding hydrogens is 470 g/mol. The third-order valence-electron chi connectivity index (χ3n) is 7.66. The van der Waals surface area contributed by atoms with Crippen molar-refractivity contribution in [1.29, 1.82) is 0 Å². The number of hydrogen-bond acceptors (Lipinski definition) is 6. The van der Waals surface area contributed by atoms with Crippen molar-refractivity contribution >= 4 is 35.0 Å². The van der Waals surface area contributed by atoms with Crippen molar-refractivity contribution < 1.29 is 19.3 Å². The van der Waals surface area contributed by atoms with Crippen molar-refractivity contribution in [1.82, 2.24) is 4.90 Å². The Labute approximate surface area is 213 Å². The van der Waals surface area contributed by atoms with Gasteiger partial charge in [-0.25, -0.2) is 4.90 Å². The summed E-state index contributed by atoms with van der Waals surface area (Å²) in [5, 5.41) is 11.4. The first kappa shape index (κ1) is 22.8. The zero-order valence-corrected chi connectivity index (χ0v) is 20.2. The number of anilines is 1. The van der Waals surface area contributed by atoms with Crippen LogP contribution in [-0.4, -0.2) is 33.5 Å². The molecule has 0 unspecified atom stereocenters. The first-order valence-electron chi connectivity index (χ1n) is 12.1. The van der Waals surface area contributed by atoms with Gasteiger partial charge in [-0.1, -0.05) is 54.1 Å². The summed E-state index contributed by atoms with van der Waals surface area (Å²) in [6.45, 7) is 3.80. The number of nitro groups is 1. The SMILES string of the molecule is Cc1ccc(N2C(=O)[C@@H]3[C@H](C2=O)[C@H]2c4ccccc4C=CN2[C@H]3C(=O)c2cccc([N+](=O)[O-])c2)c(C)c1. The number of rotatable bonds is 4. The molecule has 2 saturated heterocycles. The summed E-state index contributed by atoms with van der Waals surface area (Å²) < 4.78 is 0. The van der Waals surface area contributed by atoms with Crippen LogP contribution in [0.5, 0.6) is 0 Å². The van der Waals surface area contributed by atoms with E-state index in [2.05, 4.69) is 0 Å². The number of hydrogen-bond donors (Lipinski definition) is 0. The minimum atomic E-state index is -0.978. The molecule has 3 heterocycles. The van der Waals surface area contributed by atoms with Crippen LogP contribution in [0, 0.1) is 35.8 Å². The number of nitrogens with zero attached hydrogens (tertiary/aromatic N) is 3. The number of nitro benzene ring substituents is 1. The Bertz CT molecular complexity index is 1540. The first-order valence-corrected chi connectivity index (χ1v) is 12.1. The predicted molar refractivity (Wildman–Crippen MR) is 137 cm³/mol. The topological polar surface area (TPSA) is 101 Å². The molecule has 0 aliphatic carbocycles. The molecule has 0 saturated carbocycles. The van der Waals surface area contributed by atoms with Crippen molar-refractivity contribution in [3.05, 3.63) is 111 Å². The van der Waals surface area contributed by atoms with E-state index in [1.165, 1.54) is 29.2 Å². The number of non-ortho nitro benzene ring substituents is 1. The van der Waals surface area contributed by atoms with E-state index in [0.29, 0.717) is 5.69 Å². The van der Waals surface area contributed by atoms with E-state index in [0.717, 1.165) is 22.3 Å². The van der Waals surface area contributed by atoms with Crippen LogP contribution in [0.4, 0.5) is 11.4 Å². The van der Waals surface area contributed by atoms with Crippen LogP contribution in [0.1, 0.15) is 38.7 Å². The molecule has 37 heavy (non-hydrogen) atoms. The van der Waals surface area contributed by atoms with Crippen molar-refractivity contribution in [3.63, 3.8) is 0 Å². The maximum absolute atomic E-state index is 14.0. The van der Waals surface area contributed by atoms with Crippen LogP contribution in [0.3, 0.4) is 0 Å². The van der Waals surface area contributed by atoms with Crippen molar-refractivity contribution in [2.24, 2.45) is 11.8 Å². The van der Waals surface area contributed by atoms with Crippen LogP contribution < -0.4 is 4.90 Å². The molecule has 8 nitrogen and oxygen atoms in total. The second kappa shape index (κ2) is 8.23. The molecule has 2 fully saturated rings. The fourth-order valence-corrected chi connectivity index (χ4v) is 6.09. The normalized spacial score (nSPS) is 23.6. The third-order valence-corrected chi connectivity index (χ3v) is 7.66. The summed E-state index contributed by atoms with van der Waals surface area (Å²) in [5.41, 5.74) is 4.05. The summed E-state index contributed by atoms with van der Waals surface area (Å²) >= 11 is 0. The number of carbonyl (C=O) groups is 3. The maximum atomic E-state index is 14.0. The minimum absolute atomic E-state index is 0.135. The van der Waals surface area contributed by atoms with E-state index in [1.807, 2.05) is 56.3 Å². The lowest BCUT2D eigenvalue weighted by Gasteiger charge is -2.35. The molecule has 6 rings (SSSR count). The Morgan fingerprint density at radius 1 is 0.919 bits per heavy atom. The van der Waals surface area contributed by atoms with Gasteiger partial charge in [0.25, 0.3) is 5.69 Å². The van der Waals surface area contributed by atoms with Gasteiger partial charge >= 0.3 is 0 Å². The lowest BCUT2D eigenvalue weighted by atomic mass is 9.83. The zero-order chi connectivity index (χ0) is 26.0. The van der Waals surface area contributed by atoms with Gasteiger partial charge in [0, 0.05) is 23.9 Å². The van der Waals surface area contributed by atoms with Crippen LogP contribution in [0.2, 0.25) is 0 Å². The van der Waals surface area contributed by atoms with Gasteiger partial charge in [-0.3, -0.25) is 24.5 Å². The second-order valence-electron chi connectivity index (χ2n) is 9.81. The number of benzene rings is 3. The molecule has 0 radical (unpaired) electrons. The molecule has 3 aromatic rings. The molecule has 3 aromatic carbocycles. The largest absolute Gasteiger partial charge is 0.358 e. The monoisotopic (exact) mass is 493 g/mol. The fourth-order valence-electron chi connectivity index (χ4n) is 6.09. The highest BCUT2D eigenvalue weighted by molar-refractivity contribution is 6.25. The molecule has 4 atom stereocenters. The second-order valence-corrected chi connectivity index (χ2v) is 9.81. The number of aryl methyl sites for hydroxylation is 2.